The molecule has 0 bridgehead atoms. The van der Waals surface area contributed by atoms with Crippen LogP contribution in [0.25, 0.3) is 11.0 Å². The zero-order valence-electron chi connectivity index (χ0n) is 11.2. The second kappa shape index (κ2) is 5.13. The van der Waals surface area contributed by atoms with Gasteiger partial charge in [-0.1, -0.05) is 0 Å². The molecule has 2 aromatic heterocycles. The number of fused-ring (bicyclic) bond motifs is 1. The number of hydrogen-bond donors (Lipinski definition) is 1. The summed E-state index contributed by atoms with van der Waals surface area (Å²) in [5.41, 5.74) is 0.860. The van der Waals surface area contributed by atoms with Crippen LogP contribution in [0.1, 0.15) is 25.7 Å². The Kier molecular flexibility index (Phi) is 3.33. The molecule has 1 aliphatic rings. The topological polar surface area (TPSA) is 67.1 Å². The van der Waals surface area contributed by atoms with Gasteiger partial charge in [-0.15, -0.1) is 0 Å². The molecule has 0 saturated carbocycles. The van der Waals surface area contributed by atoms with E-state index in [1.54, 1.807) is 11.0 Å². The second-order valence-corrected chi connectivity index (χ2v) is 5.06. The maximum atomic E-state index is 9.22. The molecule has 2 aromatic rings. The van der Waals surface area contributed by atoms with E-state index in [0.29, 0.717) is 6.04 Å². The zero-order valence-corrected chi connectivity index (χ0v) is 11.2. The van der Waals surface area contributed by atoms with Gasteiger partial charge >= 0.3 is 0 Å². The van der Waals surface area contributed by atoms with E-state index in [-0.39, 0.29) is 6.61 Å². The molecule has 1 aliphatic heterocycles. The average Bonchev–Trinajstić information content (AvgIpc) is 2.82. The molecule has 1 saturated heterocycles. The first-order valence-electron chi connectivity index (χ1n) is 6.81. The Morgan fingerprint density at radius 2 is 2.26 bits per heavy atom. The van der Waals surface area contributed by atoms with E-state index < -0.39 is 0 Å². The summed E-state index contributed by atoms with van der Waals surface area (Å²) in [6.07, 6.45) is 7.74. The minimum atomic E-state index is 0.225. The number of aliphatic hydroxyl groups excluding tert-OH is 1. The van der Waals surface area contributed by atoms with Crippen molar-refractivity contribution < 1.29 is 5.11 Å². The lowest BCUT2D eigenvalue weighted by atomic mass is 9.99. The Morgan fingerprint density at radius 1 is 1.37 bits per heavy atom. The van der Waals surface area contributed by atoms with Gasteiger partial charge in [-0.25, -0.2) is 9.97 Å². The minimum Gasteiger partial charge on any atom is -0.396 e. The highest BCUT2D eigenvalue weighted by Gasteiger charge is 2.25. The molecule has 6 nitrogen and oxygen atoms in total. The van der Waals surface area contributed by atoms with Crippen molar-refractivity contribution in [3.8, 4) is 0 Å². The van der Waals surface area contributed by atoms with E-state index in [1.807, 2.05) is 13.2 Å². The summed E-state index contributed by atoms with van der Waals surface area (Å²) >= 11 is 0. The van der Waals surface area contributed by atoms with E-state index in [9.17, 15) is 5.11 Å². The summed E-state index contributed by atoms with van der Waals surface area (Å²) in [6.45, 7) is 1.22. The monoisotopic (exact) mass is 261 g/mol. The smallest absolute Gasteiger partial charge is 0.163 e. The third-order valence-corrected chi connectivity index (χ3v) is 3.87. The molecule has 0 aliphatic carbocycles. The molecule has 1 fully saturated rings. The van der Waals surface area contributed by atoms with E-state index in [0.717, 1.165) is 36.2 Å². The lowest BCUT2D eigenvalue weighted by Crippen LogP contribution is -2.40. The fourth-order valence-electron chi connectivity index (χ4n) is 2.91. The molecule has 102 valence electrons. The number of anilines is 1. The molecule has 6 heteroatoms. The molecular weight excluding hydrogens is 242 g/mol. The van der Waals surface area contributed by atoms with Gasteiger partial charge in [0.15, 0.2) is 5.65 Å². The first kappa shape index (κ1) is 12.3. The molecule has 0 unspecified atom stereocenters. The van der Waals surface area contributed by atoms with Gasteiger partial charge in [-0.05, 0) is 25.7 Å². The van der Waals surface area contributed by atoms with Crippen molar-refractivity contribution in [1.82, 2.24) is 19.7 Å². The van der Waals surface area contributed by atoms with Crippen LogP contribution in [0.15, 0.2) is 12.5 Å². The molecule has 1 N–H and O–H groups in total. The van der Waals surface area contributed by atoms with Crippen molar-refractivity contribution in [2.24, 2.45) is 7.05 Å². The lowest BCUT2D eigenvalue weighted by Gasteiger charge is -2.36. The fourth-order valence-corrected chi connectivity index (χ4v) is 2.91. The third-order valence-electron chi connectivity index (χ3n) is 3.87. The summed E-state index contributed by atoms with van der Waals surface area (Å²) in [5, 5.41) is 14.5. The highest BCUT2D eigenvalue weighted by Crippen LogP contribution is 2.29. The summed E-state index contributed by atoms with van der Waals surface area (Å²) in [5.74, 6) is 0.955. The number of nitrogens with zero attached hydrogens (tertiary/aromatic N) is 5. The molecule has 3 heterocycles. The van der Waals surface area contributed by atoms with E-state index >= 15 is 0 Å². The maximum Gasteiger partial charge on any atom is 0.163 e. The Hall–Kier alpha value is -1.69. The first-order chi connectivity index (χ1) is 9.31. The van der Waals surface area contributed by atoms with Crippen LogP contribution < -0.4 is 4.90 Å². The summed E-state index contributed by atoms with van der Waals surface area (Å²) in [4.78, 5) is 11.0. The standard InChI is InChI=1S/C13H19N5O/c1-17-12-11(8-16-17)13(15-9-14-12)18-6-3-2-4-10(18)5-7-19/h8-10,19H,2-7H2,1H3/t10-/m0/s1. The Balaban J connectivity index is 2.01. The summed E-state index contributed by atoms with van der Waals surface area (Å²) in [7, 11) is 1.89. The molecule has 0 spiro atoms. The number of aryl methyl sites for hydroxylation is 1. The Bertz CT molecular complexity index is 565. The van der Waals surface area contributed by atoms with Gasteiger partial charge < -0.3 is 10.0 Å². The quantitative estimate of drug-likeness (QED) is 0.896. The van der Waals surface area contributed by atoms with Gasteiger partial charge in [0.1, 0.15) is 12.1 Å². The van der Waals surface area contributed by atoms with Crippen LogP contribution in [0, 0.1) is 0 Å². The Labute approximate surface area is 112 Å². The van der Waals surface area contributed by atoms with Crippen LogP contribution in [0.5, 0.6) is 0 Å². The van der Waals surface area contributed by atoms with Gasteiger partial charge in [0.05, 0.1) is 11.6 Å². The maximum absolute atomic E-state index is 9.22. The minimum absolute atomic E-state index is 0.225. The molecule has 0 amide bonds. The van der Waals surface area contributed by atoms with E-state index in [1.165, 1.54) is 12.8 Å². The van der Waals surface area contributed by atoms with Gasteiger partial charge in [-0.2, -0.15) is 5.10 Å². The summed E-state index contributed by atoms with van der Waals surface area (Å²) < 4.78 is 1.77. The molecule has 0 aromatic carbocycles. The SMILES string of the molecule is Cn1ncc2c(N3CCCC[C@H]3CCO)ncnc21. The number of hydrogen-bond acceptors (Lipinski definition) is 5. The van der Waals surface area contributed by atoms with Gasteiger partial charge in [-0.3, -0.25) is 4.68 Å². The zero-order chi connectivity index (χ0) is 13.2. The van der Waals surface area contributed by atoms with Crippen molar-refractivity contribution in [3.05, 3.63) is 12.5 Å². The largest absolute Gasteiger partial charge is 0.396 e. The van der Waals surface area contributed by atoms with E-state index in [4.69, 9.17) is 0 Å². The van der Waals surface area contributed by atoms with Crippen LogP contribution in [-0.2, 0) is 7.05 Å². The van der Waals surface area contributed by atoms with Crippen LogP contribution in [0.4, 0.5) is 5.82 Å². The fraction of sp³-hybridized carbons (Fsp3) is 0.615. The van der Waals surface area contributed by atoms with Crippen LogP contribution in [0.2, 0.25) is 0 Å². The van der Waals surface area contributed by atoms with Crippen molar-refractivity contribution in [3.63, 3.8) is 0 Å². The van der Waals surface area contributed by atoms with Crippen molar-refractivity contribution in [2.45, 2.75) is 31.7 Å². The van der Waals surface area contributed by atoms with Gasteiger partial charge in [0, 0.05) is 26.2 Å². The Morgan fingerprint density at radius 3 is 3.11 bits per heavy atom. The summed E-state index contributed by atoms with van der Waals surface area (Å²) in [6, 6.07) is 0.372. The van der Waals surface area contributed by atoms with Crippen molar-refractivity contribution >= 4 is 16.9 Å². The second-order valence-electron chi connectivity index (χ2n) is 5.06. The number of piperidine rings is 1. The number of aliphatic hydroxyl groups is 1. The predicted molar refractivity (Wildman–Crippen MR) is 73.0 cm³/mol. The molecule has 0 radical (unpaired) electrons. The number of rotatable bonds is 3. The molecular formula is C13H19N5O. The third kappa shape index (κ3) is 2.16. The average molecular weight is 261 g/mol. The normalized spacial score (nSPS) is 20.1. The van der Waals surface area contributed by atoms with Crippen LogP contribution in [-0.4, -0.2) is 44.0 Å². The van der Waals surface area contributed by atoms with E-state index in [2.05, 4.69) is 20.0 Å². The van der Waals surface area contributed by atoms with Crippen molar-refractivity contribution in [2.75, 3.05) is 18.1 Å². The lowest BCUT2D eigenvalue weighted by molar-refractivity contribution is 0.262. The highest BCUT2D eigenvalue weighted by atomic mass is 16.3. The first-order valence-corrected chi connectivity index (χ1v) is 6.81. The van der Waals surface area contributed by atoms with Crippen LogP contribution >= 0.6 is 0 Å². The van der Waals surface area contributed by atoms with Gasteiger partial charge in [0.2, 0.25) is 0 Å². The molecule has 19 heavy (non-hydrogen) atoms. The van der Waals surface area contributed by atoms with Crippen molar-refractivity contribution in [1.29, 1.82) is 0 Å². The molecule has 1 atom stereocenters. The van der Waals surface area contributed by atoms with Gasteiger partial charge in [0.25, 0.3) is 0 Å². The number of aromatic nitrogens is 4. The van der Waals surface area contributed by atoms with Crippen LogP contribution in [0.3, 0.4) is 0 Å². The predicted octanol–water partition coefficient (Wildman–Crippen LogP) is 1.10. The molecule has 3 rings (SSSR count). The highest BCUT2D eigenvalue weighted by molar-refractivity contribution is 5.86.